The minimum Gasteiger partial charge on any atom is -0.343 e. The third kappa shape index (κ3) is 3.70. The summed E-state index contributed by atoms with van der Waals surface area (Å²) < 4.78 is 1.77. The maximum Gasteiger partial charge on any atom is 0.262 e. The van der Waals surface area contributed by atoms with Gasteiger partial charge in [-0.05, 0) is 27.0 Å². The predicted molar refractivity (Wildman–Crippen MR) is 91.8 cm³/mol. The number of rotatable bonds is 6. The molecule has 0 aliphatic rings. The molecular weight excluding hydrogens is 314 g/mol. The Morgan fingerprint density at radius 3 is 2.78 bits per heavy atom. The van der Waals surface area contributed by atoms with Crippen LogP contribution >= 0.6 is 11.3 Å². The summed E-state index contributed by atoms with van der Waals surface area (Å²) in [5, 5.41) is 11.1. The van der Waals surface area contributed by atoms with Crippen molar-refractivity contribution < 1.29 is 9.59 Å². The van der Waals surface area contributed by atoms with E-state index in [9.17, 15) is 9.59 Å². The topological polar surface area (TPSA) is 79.3 Å². The van der Waals surface area contributed by atoms with Gasteiger partial charge in [0.1, 0.15) is 10.9 Å². The van der Waals surface area contributed by atoms with Gasteiger partial charge in [0, 0.05) is 32.6 Å². The number of aryl methyl sites for hydroxylation is 2. The number of nitrogens with zero attached hydrogens (tertiary/aromatic N) is 3. The summed E-state index contributed by atoms with van der Waals surface area (Å²) in [4.78, 5) is 27.8. The number of likely N-dealkylation sites (N-methyl/N-ethyl adjacent to an activating group) is 2. The smallest absolute Gasteiger partial charge is 0.262 e. The van der Waals surface area contributed by atoms with Crippen molar-refractivity contribution in [2.24, 2.45) is 7.05 Å². The highest BCUT2D eigenvalue weighted by atomic mass is 32.1. The first-order valence-electron chi connectivity index (χ1n) is 7.48. The normalized spacial score (nSPS) is 12.4. The molecule has 2 aromatic heterocycles. The molecule has 0 spiro atoms. The van der Waals surface area contributed by atoms with Gasteiger partial charge in [-0.2, -0.15) is 5.10 Å². The van der Waals surface area contributed by atoms with Gasteiger partial charge in [-0.3, -0.25) is 14.3 Å². The zero-order valence-electron chi connectivity index (χ0n) is 14.1. The number of aromatic nitrogens is 2. The second kappa shape index (κ2) is 7.10. The summed E-state index contributed by atoms with van der Waals surface area (Å²) >= 11 is 1.38. The summed E-state index contributed by atoms with van der Waals surface area (Å²) in [5.74, 6) is -0.332. The van der Waals surface area contributed by atoms with E-state index in [-0.39, 0.29) is 11.8 Å². The summed E-state index contributed by atoms with van der Waals surface area (Å²) in [5.41, 5.74) is 0.897. The van der Waals surface area contributed by atoms with E-state index < -0.39 is 6.04 Å². The molecule has 2 amide bonds. The second-order valence-corrected chi connectivity index (χ2v) is 6.63. The third-order valence-corrected chi connectivity index (χ3v) is 4.91. The average molecular weight is 337 g/mol. The molecule has 0 saturated carbocycles. The maximum absolute atomic E-state index is 12.4. The molecule has 1 atom stereocenters. The van der Waals surface area contributed by atoms with Gasteiger partial charge in [-0.25, -0.2) is 0 Å². The number of carbonyl (C=O) groups is 2. The van der Waals surface area contributed by atoms with Crippen molar-refractivity contribution in [1.29, 1.82) is 0 Å². The number of thiophene rings is 1. The van der Waals surface area contributed by atoms with Crippen LogP contribution < -0.4 is 10.6 Å². The molecule has 0 saturated heterocycles. The van der Waals surface area contributed by atoms with E-state index in [1.807, 2.05) is 27.1 Å². The fraction of sp³-hybridized carbons (Fsp3) is 0.533. The highest BCUT2D eigenvalue weighted by Gasteiger charge is 2.21. The van der Waals surface area contributed by atoms with Crippen LogP contribution in [0.1, 0.15) is 22.3 Å². The third-order valence-electron chi connectivity index (χ3n) is 3.71. The summed E-state index contributed by atoms with van der Waals surface area (Å²) in [6, 6.07) is 1.27. The predicted octanol–water partition coefficient (Wildman–Crippen LogP) is 0.739. The summed E-state index contributed by atoms with van der Waals surface area (Å²) in [6.45, 7) is 4.94. The molecule has 0 aliphatic heterocycles. The molecule has 2 aromatic rings. The quantitative estimate of drug-likeness (QED) is 0.815. The van der Waals surface area contributed by atoms with Gasteiger partial charge in [0.15, 0.2) is 0 Å². The van der Waals surface area contributed by atoms with Crippen molar-refractivity contribution in [2.45, 2.75) is 19.9 Å². The van der Waals surface area contributed by atoms with Crippen LogP contribution in [0.15, 0.2) is 6.07 Å². The highest BCUT2D eigenvalue weighted by molar-refractivity contribution is 7.20. The Kier molecular flexibility index (Phi) is 5.38. The molecule has 23 heavy (non-hydrogen) atoms. The molecule has 8 heteroatoms. The lowest BCUT2D eigenvalue weighted by Crippen LogP contribution is -2.46. The van der Waals surface area contributed by atoms with Gasteiger partial charge in [0.2, 0.25) is 5.91 Å². The van der Waals surface area contributed by atoms with E-state index in [0.29, 0.717) is 18.0 Å². The number of hydrogen-bond donors (Lipinski definition) is 2. The Labute approximate surface area is 139 Å². The molecule has 7 nitrogen and oxygen atoms in total. The van der Waals surface area contributed by atoms with E-state index in [2.05, 4.69) is 15.7 Å². The molecular formula is C15H23N5O2S. The zero-order chi connectivity index (χ0) is 17.1. The van der Waals surface area contributed by atoms with Crippen molar-refractivity contribution in [3.63, 3.8) is 0 Å². The second-order valence-electron chi connectivity index (χ2n) is 5.60. The van der Waals surface area contributed by atoms with Gasteiger partial charge in [0.25, 0.3) is 5.91 Å². The fourth-order valence-corrected chi connectivity index (χ4v) is 3.39. The molecule has 2 N–H and O–H groups in total. The van der Waals surface area contributed by atoms with Gasteiger partial charge in [-0.15, -0.1) is 11.3 Å². The van der Waals surface area contributed by atoms with Crippen LogP contribution in [0.3, 0.4) is 0 Å². The minimum absolute atomic E-state index is 0.104. The number of fused-ring (bicyclic) bond motifs is 1. The van der Waals surface area contributed by atoms with Gasteiger partial charge in [-0.1, -0.05) is 0 Å². The van der Waals surface area contributed by atoms with Crippen molar-refractivity contribution in [1.82, 2.24) is 25.3 Å². The van der Waals surface area contributed by atoms with Crippen LogP contribution in [0.25, 0.3) is 10.2 Å². The van der Waals surface area contributed by atoms with E-state index >= 15 is 0 Å². The number of amides is 2. The molecule has 2 rings (SSSR count). The molecule has 0 fully saturated rings. The van der Waals surface area contributed by atoms with E-state index in [4.69, 9.17) is 0 Å². The fourth-order valence-electron chi connectivity index (χ4n) is 2.37. The van der Waals surface area contributed by atoms with Gasteiger partial charge < -0.3 is 15.5 Å². The van der Waals surface area contributed by atoms with Crippen molar-refractivity contribution in [3.05, 3.63) is 16.6 Å². The van der Waals surface area contributed by atoms with Crippen molar-refractivity contribution in [3.8, 4) is 0 Å². The Hall–Kier alpha value is -1.93. The van der Waals surface area contributed by atoms with Crippen LogP contribution in [0.4, 0.5) is 0 Å². The minimum atomic E-state index is -0.561. The van der Waals surface area contributed by atoms with E-state index in [0.717, 1.165) is 15.9 Å². The largest absolute Gasteiger partial charge is 0.343 e. The van der Waals surface area contributed by atoms with Crippen LogP contribution in [0, 0.1) is 6.92 Å². The first kappa shape index (κ1) is 17.4. The summed E-state index contributed by atoms with van der Waals surface area (Å²) in [7, 11) is 5.43. The van der Waals surface area contributed by atoms with E-state index in [1.165, 1.54) is 11.3 Å². The van der Waals surface area contributed by atoms with E-state index in [1.54, 1.807) is 23.6 Å². The van der Waals surface area contributed by atoms with Gasteiger partial charge >= 0.3 is 0 Å². The molecule has 0 bridgehead atoms. The molecule has 2 heterocycles. The maximum atomic E-state index is 12.4. The Morgan fingerprint density at radius 1 is 1.48 bits per heavy atom. The molecule has 1 unspecified atom stereocenters. The number of carbonyl (C=O) groups excluding carboxylic acids is 2. The number of hydrogen-bond acceptors (Lipinski definition) is 5. The standard InChI is InChI=1S/C15H23N5O2S/c1-9-11-8-12(23-15(11)20(5)18-9)13(21)17-10(2)14(22)19(4)7-6-16-3/h8,10,16H,6-7H2,1-5H3,(H,17,21). The van der Waals surface area contributed by atoms with Crippen molar-refractivity contribution in [2.75, 3.05) is 27.2 Å². The Balaban J connectivity index is 2.05. The highest BCUT2D eigenvalue weighted by Crippen LogP contribution is 2.27. The first-order valence-corrected chi connectivity index (χ1v) is 8.30. The molecule has 0 radical (unpaired) electrons. The van der Waals surface area contributed by atoms with Crippen molar-refractivity contribution >= 4 is 33.4 Å². The van der Waals surface area contributed by atoms with Crippen LogP contribution in [-0.4, -0.2) is 59.7 Å². The molecule has 0 aliphatic carbocycles. The summed E-state index contributed by atoms with van der Waals surface area (Å²) in [6.07, 6.45) is 0. The van der Waals surface area contributed by atoms with Crippen LogP contribution in [-0.2, 0) is 11.8 Å². The Morgan fingerprint density at radius 2 is 2.17 bits per heavy atom. The average Bonchev–Trinajstić information content (AvgIpc) is 3.06. The SMILES string of the molecule is CNCCN(C)C(=O)C(C)NC(=O)c1cc2c(C)nn(C)c2s1. The van der Waals surface area contributed by atoms with Crippen LogP contribution in [0.5, 0.6) is 0 Å². The Bertz CT molecular complexity index is 686. The first-order chi connectivity index (χ1) is 10.8. The lowest BCUT2D eigenvalue weighted by atomic mass is 10.2. The lowest BCUT2D eigenvalue weighted by molar-refractivity contribution is -0.131. The molecule has 126 valence electrons. The van der Waals surface area contributed by atoms with Gasteiger partial charge in [0.05, 0.1) is 10.6 Å². The van der Waals surface area contributed by atoms with Crippen LogP contribution in [0.2, 0.25) is 0 Å². The lowest BCUT2D eigenvalue weighted by Gasteiger charge is -2.21. The molecule has 0 aromatic carbocycles. The zero-order valence-corrected chi connectivity index (χ0v) is 15.0. The number of nitrogens with one attached hydrogen (secondary N) is 2. The monoisotopic (exact) mass is 337 g/mol.